The normalized spacial score (nSPS) is 12.7. The molecule has 0 aliphatic rings. The summed E-state index contributed by atoms with van der Waals surface area (Å²) in [5.74, 6) is 2.84. The van der Waals surface area contributed by atoms with Crippen molar-refractivity contribution in [3.8, 4) is 0 Å². The quantitative estimate of drug-likeness (QED) is 0.801. The lowest BCUT2D eigenvalue weighted by molar-refractivity contribution is 0.700. The van der Waals surface area contributed by atoms with Crippen molar-refractivity contribution in [2.75, 3.05) is 23.9 Å². The highest BCUT2D eigenvalue weighted by atomic mass is 32.2. The Bertz CT molecular complexity index is 275. The first-order valence-corrected chi connectivity index (χ1v) is 7.48. The maximum atomic E-state index is 4.42. The van der Waals surface area contributed by atoms with Crippen molar-refractivity contribution in [1.82, 2.24) is 9.36 Å². The molecule has 1 rings (SSSR count). The molecule has 0 spiro atoms. The van der Waals surface area contributed by atoms with Crippen LogP contribution in [0, 0.1) is 5.92 Å². The highest BCUT2D eigenvalue weighted by Crippen LogP contribution is 2.13. The summed E-state index contributed by atoms with van der Waals surface area (Å²) in [4.78, 5) is 4.42. The monoisotopic (exact) mass is 245 g/mol. The molecule has 5 heteroatoms. The van der Waals surface area contributed by atoms with Gasteiger partial charge in [-0.05, 0) is 24.3 Å². The summed E-state index contributed by atoms with van der Waals surface area (Å²) in [6.45, 7) is 5.38. The Hall–Kier alpha value is -0.290. The van der Waals surface area contributed by atoms with Crippen LogP contribution in [0.3, 0.4) is 0 Å². The third kappa shape index (κ3) is 4.84. The van der Waals surface area contributed by atoms with Crippen LogP contribution in [0.5, 0.6) is 0 Å². The van der Waals surface area contributed by atoms with Gasteiger partial charge in [0.15, 0.2) is 0 Å². The van der Waals surface area contributed by atoms with Gasteiger partial charge in [0.1, 0.15) is 5.82 Å². The van der Waals surface area contributed by atoms with Crippen molar-refractivity contribution in [2.24, 2.45) is 5.92 Å². The Balaban J connectivity index is 2.30. The molecule has 0 saturated heterocycles. The molecule has 86 valence electrons. The van der Waals surface area contributed by atoms with Gasteiger partial charge in [-0.1, -0.05) is 13.8 Å². The second-order valence-corrected chi connectivity index (χ2v) is 5.37. The van der Waals surface area contributed by atoms with Gasteiger partial charge in [0.05, 0.1) is 0 Å². The highest BCUT2D eigenvalue weighted by Gasteiger charge is 2.05. The number of nitrogens with zero attached hydrogens (tertiary/aromatic N) is 2. The first-order valence-electron chi connectivity index (χ1n) is 5.31. The van der Waals surface area contributed by atoms with E-state index in [-0.39, 0.29) is 0 Å². The van der Waals surface area contributed by atoms with Crippen LogP contribution in [-0.2, 0) is 6.42 Å². The number of nitrogens with one attached hydrogen (secondary N) is 1. The molecule has 1 heterocycles. The summed E-state index contributed by atoms with van der Waals surface area (Å²) >= 11 is 3.36. The molecule has 0 saturated carbocycles. The maximum Gasteiger partial charge on any atom is 0.202 e. The van der Waals surface area contributed by atoms with E-state index in [9.17, 15) is 0 Å². The molecule has 15 heavy (non-hydrogen) atoms. The van der Waals surface area contributed by atoms with Gasteiger partial charge in [-0.15, -0.1) is 0 Å². The van der Waals surface area contributed by atoms with Gasteiger partial charge in [-0.3, -0.25) is 0 Å². The summed E-state index contributed by atoms with van der Waals surface area (Å²) in [6.07, 6.45) is 4.23. The lowest BCUT2D eigenvalue weighted by Crippen LogP contribution is -2.13. The molecular weight excluding hydrogens is 226 g/mol. The van der Waals surface area contributed by atoms with E-state index in [2.05, 4.69) is 34.8 Å². The van der Waals surface area contributed by atoms with E-state index < -0.39 is 0 Å². The minimum Gasteiger partial charge on any atom is -0.360 e. The number of anilines is 1. The summed E-state index contributed by atoms with van der Waals surface area (Å²) in [5, 5.41) is 4.30. The van der Waals surface area contributed by atoms with Crippen LogP contribution < -0.4 is 5.32 Å². The van der Waals surface area contributed by atoms with Gasteiger partial charge >= 0.3 is 0 Å². The maximum absolute atomic E-state index is 4.42. The molecule has 1 atom stereocenters. The van der Waals surface area contributed by atoms with Gasteiger partial charge in [0.2, 0.25) is 5.13 Å². The van der Waals surface area contributed by atoms with E-state index in [1.54, 1.807) is 0 Å². The lowest BCUT2D eigenvalue weighted by Gasteiger charge is -2.09. The SMILES string of the molecule is CCCc1nsc(NCC(C)CSC)n1. The van der Waals surface area contributed by atoms with Crippen LogP contribution in [0.4, 0.5) is 5.13 Å². The van der Waals surface area contributed by atoms with Crippen LogP contribution in [-0.4, -0.2) is 27.9 Å². The van der Waals surface area contributed by atoms with Crippen LogP contribution >= 0.6 is 23.3 Å². The molecule has 0 fully saturated rings. The second kappa shape index (κ2) is 7.06. The summed E-state index contributed by atoms with van der Waals surface area (Å²) in [5.41, 5.74) is 0. The number of rotatable bonds is 7. The van der Waals surface area contributed by atoms with Crippen molar-refractivity contribution < 1.29 is 0 Å². The zero-order valence-electron chi connectivity index (χ0n) is 9.62. The van der Waals surface area contributed by atoms with Gasteiger partial charge in [-0.25, -0.2) is 4.98 Å². The van der Waals surface area contributed by atoms with Crippen LogP contribution in [0.1, 0.15) is 26.1 Å². The van der Waals surface area contributed by atoms with E-state index in [0.29, 0.717) is 5.92 Å². The van der Waals surface area contributed by atoms with Crippen molar-refractivity contribution >= 4 is 28.4 Å². The third-order valence-electron chi connectivity index (χ3n) is 1.99. The minimum atomic E-state index is 0.679. The van der Waals surface area contributed by atoms with E-state index in [1.807, 2.05) is 11.8 Å². The Morgan fingerprint density at radius 3 is 3.00 bits per heavy atom. The molecule has 0 bridgehead atoms. The number of aromatic nitrogens is 2. The Labute approximate surface area is 100 Å². The van der Waals surface area contributed by atoms with Crippen molar-refractivity contribution in [3.05, 3.63) is 5.82 Å². The predicted molar refractivity (Wildman–Crippen MR) is 69.9 cm³/mol. The summed E-state index contributed by atoms with van der Waals surface area (Å²) in [6, 6.07) is 0. The zero-order chi connectivity index (χ0) is 11.1. The third-order valence-corrected chi connectivity index (χ3v) is 3.61. The molecule has 0 amide bonds. The number of hydrogen-bond donors (Lipinski definition) is 1. The highest BCUT2D eigenvalue weighted by molar-refractivity contribution is 7.98. The number of hydrogen-bond acceptors (Lipinski definition) is 5. The zero-order valence-corrected chi connectivity index (χ0v) is 11.2. The van der Waals surface area contributed by atoms with Crippen molar-refractivity contribution in [2.45, 2.75) is 26.7 Å². The van der Waals surface area contributed by atoms with Gasteiger partial charge in [-0.2, -0.15) is 16.1 Å². The smallest absolute Gasteiger partial charge is 0.202 e. The Kier molecular flexibility index (Phi) is 6.02. The van der Waals surface area contributed by atoms with Crippen LogP contribution in [0.2, 0.25) is 0 Å². The fourth-order valence-corrected chi connectivity index (χ4v) is 2.56. The van der Waals surface area contributed by atoms with Gasteiger partial charge in [0.25, 0.3) is 0 Å². The minimum absolute atomic E-state index is 0.679. The Morgan fingerprint density at radius 2 is 2.33 bits per heavy atom. The average Bonchev–Trinajstić information content (AvgIpc) is 2.64. The molecule has 0 aliphatic heterocycles. The molecule has 1 aromatic rings. The molecule has 0 aliphatic carbocycles. The van der Waals surface area contributed by atoms with E-state index in [0.717, 1.165) is 30.3 Å². The fourth-order valence-electron chi connectivity index (χ4n) is 1.26. The van der Waals surface area contributed by atoms with Gasteiger partial charge in [0, 0.05) is 24.5 Å². The number of thioether (sulfide) groups is 1. The van der Waals surface area contributed by atoms with E-state index in [4.69, 9.17) is 0 Å². The largest absolute Gasteiger partial charge is 0.360 e. The molecule has 1 N–H and O–H groups in total. The fraction of sp³-hybridized carbons (Fsp3) is 0.800. The van der Waals surface area contributed by atoms with Gasteiger partial charge < -0.3 is 5.32 Å². The Morgan fingerprint density at radius 1 is 1.53 bits per heavy atom. The molecule has 1 aromatic heterocycles. The topological polar surface area (TPSA) is 37.8 Å². The van der Waals surface area contributed by atoms with E-state index >= 15 is 0 Å². The van der Waals surface area contributed by atoms with Crippen LogP contribution in [0.15, 0.2) is 0 Å². The molecule has 0 radical (unpaired) electrons. The van der Waals surface area contributed by atoms with Crippen molar-refractivity contribution in [3.63, 3.8) is 0 Å². The first kappa shape index (κ1) is 12.8. The predicted octanol–water partition coefficient (Wildman–Crippen LogP) is 2.90. The standard InChI is InChI=1S/C10H19N3S2/c1-4-5-9-12-10(15-13-9)11-6-8(2)7-14-3/h8H,4-7H2,1-3H3,(H,11,12,13). The van der Waals surface area contributed by atoms with Crippen molar-refractivity contribution in [1.29, 1.82) is 0 Å². The van der Waals surface area contributed by atoms with Crippen LogP contribution in [0.25, 0.3) is 0 Å². The first-order chi connectivity index (χ1) is 7.26. The summed E-state index contributed by atoms with van der Waals surface area (Å²) in [7, 11) is 0. The second-order valence-electron chi connectivity index (χ2n) is 3.71. The molecule has 3 nitrogen and oxygen atoms in total. The average molecular weight is 245 g/mol. The molecular formula is C10H19N3S2. The summed E-state index contributed by atoms with van der Waals surface area (Å²) < 4.78 is 4.29. The lowest BCUT2D eigenvalue weighted by atomic mass is 10.2. The molecule has 0 aromatic carbocycles. The van der Waals surface area contributed by atoms with E-state index in [1.165, 1.54) is 17.3 Å². The number of aryl methyl sites for hydroxylation is 1. The molecule has 1 unspecified atom stereocenters.